The lowest BCUT2D eigenvalue weighted by atomic mass is 10.2. The summed E-state index contributed by atoms with van der Waals surface area (Å²) in [5.74, 6) is -1.77. The highest BCUT2D eigenvalue weighted by Gasteiger charge is 2.11. The lowest BCUT2D eigenvalue weighted by Crippen LogP contribution is -1.97. The van der Waals surface area contributed by atoms with Crippen molar-refractivity contribution in [2.45, 2.75) is 17.0 Å². The average Bonchev–Trinajstić information content (AvgIpc) is 2.67. The average molecular weight is 253 g/mol. The summed E-state index contributed by atoms with van der Waals surface area (Å²) in [5, 5.41) is 9.01. The van der Waals surface area contributed by atoms with Gasteiger partial charge in [0.25, 0.3) is 5.22 Å². The second-order valence-corrected chi connectivity index (χ2v) is 4.30. The molecular formula is C11H8FNO3S. The molecule has 17 heavy (non-hydrogen) atoms. The number of halogens is 1. The second-order valence-electron chi connectivity index (χ2n) is 3.31. The van der Waals surface area contributed by atoms with Crippen LogP contribution in [-0.2, 0) is 0 Å². The van der Waals surface area contributed by atoms with E-state index in [0.717, 1.165) is 17.8 Å². The molecule has 2 aromatic rings. The fraction of sp³-hybridized carbons (Fsp3) is 0.0909. The SMILES string of the molecule is Cc1coc(Sc2ccc(C(=O)O)cc2F)n1. The quantitative estimate of drug-likeness (QED) is 0.911. The van der Waals surface area contributed by atoms with Crippen LogP contribution in [0.25, 0.3) is 0 Å². The van der Waals surface area contributed by atoms with Crippen LogP contribution in [0.3, 0.4) is 0 Å². The summed E-state index contributed by atoms with van der Waals surface area (Å²) in [6, 6.07) is 3.70. The molecule has 0 aliphatic carbocycles. The van der Waals surface area contributed by atoms with Crippen molar-refractivity contribution in [1.82, 2.24) is 4.98 Å². The van der Waals surface area contributed by atoms with E-state index in [1.165, 1.54) is 18.4 Å². The van der Waals surface area contributed by atoms with Crippen LogP contribution < -0.4 is 0 Å². The molecule has 1 heterocycles. The molecule has 0 fully saturated rings. The Morgan fingerprint density at radius 1 is 1.53 bits per heavy atom. The molecule has 6 heteroatoms. The highest BCUT2D eigenvalue weighted by atomic mass is 32.2. The van der Waals surface area contributed by atoms with Crippen LogP contribution in [0.4, 0.5) is 4.39 Å². The summed E-state index contributed by atoms with van der Waals surface area (Å²) in [6.45, 7) is 1.76. The first-order valence-electron chi connectivity index (χ1n) is 4.69. The smallest absolute Gasteiger partial charge is 0.335 e. The summed E-state index contributed by atoms with van der Waals surface area (Å²) in [4.78, 5) is 14.9. The number of carboxylic acids is 1. The Labute approximate surface area is 100 Å². The number of aromatic nitrogens is 1. The molecule has 1 aromatic heterocycles. The largest absolute Gasteiger partial charge is 0.478 e. The van der Waals surface area contributed by atoms with Crippen LogP contribution >= 0.6 is 11.8 Å². The highest BCUT2D eigenvalue weighted by molar-refractivity contribution is 7.99. The number of nitrogens with zero attached hydrogens (tertiary/aromatic N) is 1. The van der Waals surface area contributed by atoms with Crippen LogP contribution in [0, 0.1) is 12.7 Å². The van der Waals surface area contributed by atoms with Crippen molar-refractivity contribution in [1.29, 1.82) is 0 Å². The number of carboxylic acid groups (broad SMARTS) is 1. The molecule has 0 aliphatic rings. The summed E-state index contributed by atoms with van der Waals surface area (Å²) in [5.41, 5.74) is 0.616. The first kappa shape index (κ1) is 11.7. The summed E-state index contributed by atoms with van der Waals surface area (Å²) in [6.07, 6.45) is 1.46. The predicted octanol–water partition coefficient (Wildman–Crippen LogP) is 2.97. The monoisotopic (exact) mass is 253 g/mol. The van der Waals surface area contributed by atoms with Crippen molar-refractivity contribution >= 4 is 17.7 Å². The molecule has 1 aromatic carbocycles. The minimum absolute atomic E-state index is 0.0876. The molecule has 2 rings (SSSR count). The zero-order valence-electron chi connectivity index (χ0n) is 8.81. The Balaban J connectivity index is 2.25. The van der Waals surface area contributed by atoms with E-state index in [1.54, 1.807) is 6.92 Å². The van der Waals surface area contributed by atoms with Gasteiger partial charge in [-0.1, -0.05) is 0 Å². The van der Waals surface area contributed by atoms with Crippen LogP contribution in [-0.4, -0.2) is 16.1 Å². The Hall–Kier alpha value is -1.82. The van der Waals surface area contributed by atoms with Gasteiger partial charge >= 0.3 is 5.97 Å². The minimum Gasteiger partial charge on any atom is -0.478 e. The van der Waals surface area contributed by atoms with Gasteiger partial charge in [-0.05, 0) is 36.9 Å². The van der Waals surface area contributed by atoms with Crippen LogP contribution in [0.15, 0.2) is 39.0 Å². The summed E-state index contributed by atoms with van der Waals surface area (Å²) in [7, 11) is 0. The number of hydrogen-bond acceptors (Lipinski definition) is 4. The Morgan fingerprint density at radius 2 is 2.29 bits per heavy atom. The van der Waals surface area contributed by atoms with Gasteiger partial charge in [-0.3, -0.25) is 0 Å². The molecule has 0 radical (unpaired) electrons. The van der Waals surface area contributed by atoms with Gasteiger partial charge in [0, 0.05) is 0 Å². The Kier molecular flexibility index (Phi) is 3.14. The summed E-state index contributed by atoms with van der Waals surface area (Å²) < 4.78 is 18.6. The molecule has 4 nitrogen and oxygen atoms in total. The molecule has 0 atom stereocenters. The van der Waals surface area contributed by atoms with Crippen LogP contribution in [0.5, 0.6) is 0 Å². The van der Waals surface area contributed by atoms with E-state index in [9.17, 15) is 9.18 Å². The number of benzene rings is 1. The van der Waals surface area contributed by atoms with E-state index in [2.05, 4.69) is 4.98 Å². The third kappa shape index (κ3) is 2.65. The predicted molar refractivity (Wildman–Crippen MR) is 58.7 cm³/mol. The standard InChI is InChI=1S/C11H8FNO3S/c1-6-5-16-11(13-6)17-9-3-2-7(10(14)15)4-8(9)12/h2-5H,1H3,(H,14,15). The van der Waals surface area contributed by atoms with Gasteiger partial charge in [0.2, 0.25) is 0 Å². The van der Waals surface area contributed by atoms with Crippen LogP contribution in [0.2, 0.25) is 0 Å². The number of carbonyl (C=O) groups is 1. The van der Waals surface area contributed by atoms with Crippen molar-refractivity contribution in [3.8, 4) is 0 Å². The fourth-order valence-corrected chi connectivity index (χ4v) is 1.96. The molecule has 0 bridgehead atoms. The van der Waals surface area contributed by atoms with Crippen molar-refractivity contribution in [2.75, 3.05) is 0 Å². The first-order chi connectivity index (χ1) is 8.06. The zero-order valence-corrected chi connectivity index (χ0v) is 9.62. The molecule has 0 saturated heterocycles. The van der Waals surface area contributed by atoms with Gasteiger partial charge in [-0.25, -0.2) is 14.2 Å². The van der Waals surface area contributed by atoms with Gasteiger partial charge in [0.05, 0.1) is 16.2 Å². The van der Waals surface area contributed by atoms with Gasteiger partial charge in [-0.2, -0.15) is 0 Å². The van der Waals surface area contributed by atoms with E-state index in [-0.39, 0.29) is 10.5 Å². The number of oxazole rings is 1. The van der Waals surface area contributed by atoms with Crippen molar-refractivity contribution in [3.05, 3.63) is 41.5 Å². The third-order valence-corrected chi connectivity index (χ3v) is 2.89. The highest BCUT2D eigenvalue weighted by Crippen LogP contribution is 2.29. The Bertz CT molecular complexity index is 568. The lowest BCUT2D eigenvalue weighted by molar-refractivity contribution is 0.0696. The fourth-order valence-electron chi connectivity index (χ4n) is 1.19. The third-order valence-electron chi connectivity index (χ3n) is 1.97. The molecular weight excluding hydrogens is 245 g/mol. The molecule has 0 aliphatic heterocycles. The molecule has 88 valence electrons. The van der Waals surface area contributed by atoms with Gasteiger partial charge in [-0.15, -0.1) is 0 Å². The summed E-state index contributed by atoms with van der Waals surface area (Å²) >= 11 is 1.01. The Morgan fingerprint density at radius 3 is 2.82 bits per heavy atom. The van der Waals surface area contributed by atoms with Crippen molar-refractivity contribution in [2.24, 2.45) is 0 Å². The molecule has 0 spiro atoms. The van der Waals surface area contributed by atoms with Gasteiger partial charge in [0.15, 0.2) is 0 Å². The number of aryl methyl sites for hydroxylation is 1. The van der Waals surface area contributed by atoms with E-state index >= 15 is 0 Å². The second kappa shape index (κ2) is 4.58. The van der Waals surface area contributed by atoms with Crippen molar-refractivity contribution in [3.63, 3.8) is 0 Å². The first-order valence-corrected chi connectivity index (χ1v) is 5.51. The van der Waals surface area contributed by atoms with E-state index in [0.29, 0.717) is 10.9 Å². The topological polar surface area (TPSA) is 63.3 Å². The molecule has 1 N–H and O–H groups in total. The molecule has 0 unspecified atom stereocenters. The minimum atomic E-state index is -1.16. The zero-order chi connectivity index (χ0) is 12.4. The van der Waals surface area contributed by atoms with E-state index in [4.69, 9.17) is 9.52 Å². The molecule has 0 amide bonds. The lowest BCUT2D eigenvalue weighted by Gasteiger charge is -2.00. The number of rotatable bonds is 3. The number of hydrogen-bond donors (Lipinski definition) is 1. The normalized spacial score (nSPS) is 10.5. The van der Waals surface area contributed by atoms with Gasteiger partial charge < -0.3 is 9.52 Å². The number of aromatic carboxylic acids is 1. The maximum Gasteiger partial charge on any atom is 0.335 e. The molecule has 0 saturated carbocycles. The van der Waals surface area contributed by atoms with E-state index < -0.39 is 11.8 Å². The van der Waals surface area contributed by atoms with Crippen molar-refractivity contribution < 1.29 is 18.7 Å². The maximum atomic E-state index is 13.5. The van der Waals surface area contributed by atoms with Gasteiger partial charge in [0.1, 0.15) is 12.1 Å². The van der Waals surface area contributed by atoms with E-state index in [1.807, 2.05) is 0 Å². The maximum absolute atomic E-state index is 13.5. The van der Waals surface area contributed by atoms with Crippen LogP contribution in [0.1, 0.15) is 16.1 Å².